The largest absolute Gasteiger partial charge is 0.213 e. The number of azide groups is 1. The number of sulfonamides is 1. The molecule has 0 aromatic carbocycles. The molecule has 0 aliphatic carbocycles. The van der Waals surface area contributed by atoms with E-state index < -0.39 is 10.0 Å². The third-order valence-corrected chi connectivity index (χ3v) is 3.08. The van der Waals surface area contributed by atoms with E-state index in [1.54, 1.807) is 0 Å². The van der Waals surface area contributed by atoms with Crippen LogP contribution in [0.5, 0.6) is 0 Å². The maximum atomic E-state index is 11.0. The number of rotatable bonds is 2. The zero-order valence-electron chi connectivity index (χ0n) is 6.71. The Bertz CT molecular complexity index is 307. The minimum atomic E-state index is -3.10. The predicted octanol–water partition coefficient (Wildman–Crippen LogP) is 0.967. The summed E-state index contributed by atoms with van der Waals surface area (Å²) in [5.41, 5.74) is 8.11. The van der Waals surface area contributed by atoms with E-state index in [4.69, 9.17) is 5.53 Å². The molecule has 1 unspecified atom stereocenters. The Morgan fingerprint density at radius 2 is 2.23 bits per heavy atom. The second-order valence-corrected chi connectivity index (χ2v) is 4.75. The fourth-order valence-electron chi connectivity index (χ4n) is 1.18. The van der Waals surface area contributed by atoms with Crippen molar-refractivity contribution in [1.82, 2.24) is 4.31 Å². The average Bonchev–Trinajstić information content (AvgIpc) is 2.35. The third kappa shape index (κ3) is 3.22. The zero-order chi connectivity index (χ0) is 9.19. The Labute approximate surface area is 78.2 Å². The predicted molar refractivity (Wildman–Crippen MR) is 50.7 cm³/mol. The summed E-state index contributed by atoms with van der Waals surface area (Å²) in [5, 5.41) is 3.46. The summed E-state index contributed by atoms with van der Waals surface area (Å²) in [6, 6.07) is -0.190. The van der Waals surface area contributed by atoms with Crippen molar-refractivity contribution in [3.63, 3.8) is 0 Å². The first-order valence-corrected chi connectivity index (χ1v) is 5.38. The lowest BCUT2D eigenvalue weighted by Gasteiger charge is -2.10. The standard InChI is InChI=1S/C5H10N4O2S.CH4/c1-12(10,11)9-3-2-5(4-9)7-8-6;/h5H,2-4H2,1H3;1H4. The van der Waals surface area contributed by atoms with Crippen molar-refractivity contribution >= 4 is 10.0 Å². The minimum absolute atomic E-state index is 0. The van der Waals surface area contributed by atoms with Crippen molar-refractivity contribution in [2.45, 2.75) is 19.9 Å². The first kappa shape index (κ1) is 12.2. The topological polar surface area (TPSA) is 86.1 Å². The molecule has 1 aliphatic rings. The molecule has 1 fully saturated rings. The van der Waals surface area contributed by atoms with Crippen molar-refractivity contribution in [2.75, 3.05) is 19.3 Å². The van der Waals surface area contributed by atoms with Crippen molar-refractivity contribution in [3.05, 3.63) is 10.4 Å². The summed E-state index contributed by atoms with van der Waals surface area (Å²) in [7, 11) is -3.10. The van der Waals surface area contributed by atoms with E-state index in [-0.39, 0.29) is 13.5 Å². The van der Waals surface area contributed by atoms with Gasteiger partial charge in [0.15, 0.2) is 0 Å². The normalized spacial score (nSPS) is 23.3. The second-order valence-electron chi connectivity index (χ2n) is 2.77. The molecule has 6 nitrogen and oxygen atoms in total. The summed E-state index contributed by atoms with van der Waals surface area (Å²) in [6.45, 7) is 0.783. The Kier molecular flexibility index (Phi) is 4.19. The van der Waals surface area contributed by atoms with Gasteiger partial charge >= 0.3 is 0 Å². The maximum Gasteiger partial charge on any atom is 0.211 e. The molecule has 1 aliphatic heterocycles. The van der Waals surface area contributed by atoms with Crippen molar-refractivity contribution < 1.29 is 8.42 Å². The summed E-state index contributed by atoms with van der Waals surface area (Å²) in [4.78, 5) is 2.64. The van der Waals surface area contributed by atoms with Gasteiger partial charge in [0, 0.05) is 18.0 Å². The Morgan fingerprint density at radius 3 is 2.62 bits per heavy atom. The highest BCUT2D eigenvalue weighted by Gasteiger charge is 2.27. The van der Waals surface area contributed by atoms with E-state index in [2.05, 4.69) is 10.0 Å². The second kappa shape index (κ2) is 4.45. The van der Waals surface area contributed by atoms with Gasteiger partial charge in [0.25, 0.3) is 0 Å². The summed E-state index contributed by atoms with van der Waals surface area (Å²) in [5.74, 6) is 0. The fraction of sp³-hybridized carbons (Fsp3) is 1.00. The van der Waals surface area contributed by atoms with Gasteiger partial charge in [-0.15, -0.1) is 0 Å². The molecule has 0 aromatic heterocycles. The van der Waals surface area contributed by atoms with Gasteiger partial charge in [-0.2, -0.15) is 0 Å². The molecule has 0 spiro atoms. The zero-order valence-corrected chi connectivity index (χ0v) is 7.53. The van der Waals surface area contributed by atoms with Crippen molar-refractivity contribution in [2.24, 2.45) is 5.11 Å². The quantitative estimate of drug-likeness (QED) is 0.383. The fourth-order valence-corrected chi connectivity index (χ4v) is 2.06. The minimum Gasteiger partial charge on any atom is -0.213 e. The van der Waals surface area contributed by atoms with Crippen LogP contribution in [0, 0.1) is 0 Å². The summed E-state index contributed by atoms with van der Waals surface area (Å²) in [6.07, 6.45) is 1.78. The van der Waals surface area contributed by atoms with Crippen molar-refractivity contribution in [3.8, 4) is 0 Å². The van der Waals surface area contributed by atoms with Crippen LogP contribution in [0.1, 0.15) is 13.8 Å². The van der Waals surface area contributed by atoms with Crippen LogP contribution in [0.15, 0.2) is 5.11 Å². The molecule has 1 heterocycles. The monoisotopic (exact) mass is 206 g/mol. The first-order valence-electron chi connectivity index (χ1n) is 3.53. The third-order valence-electron chi connectivity index (χ3n) is 1.81. The van der Waals surface area contributed by atoms with Crippen LogP contribution in [0.3, 0.4) is 0 Å². The molecule has 1 atom stereocenters. The van der Waals surface area contributed by atoms with Crippen LogP contribution in [0.4, 0.5) is 0 Å². The highest BCUT2D eigenvalue weighted by atomic mass is 32.2. The van der Waals surface area contributed by atoms with Gasteiger partial charge in [-0.25, -0.2) is 12.7 Å². The van der Waals surface area contributed by atoms with Crippen LogP contribution >= 0.6 is 0 Å². The van der Waals surface area contributed by atoms with Gasteiger partial charge in [0.1, 0.15) is 0 Å². The van der Waals surface area contributed by atoms with E-state index in [0.29, 0.717) is 19.5 Å². The molecule has 7 heteroatoms. The molecule has 13 heavy (non-hydrogen) atoms. The highest BCUT2D eigenvalue weighted by molar-refractivity contribution is 7.88. The molecule has 0 radical (unpaired) electrons. The van der Waals surface area contributed by atoms with Gasteiger partial charge in [-0.1, -0.05) is 12.5 Å². The van der Waals surface area contributed by atoms with Crippen molar-refractivity contribution in [1.29, 1.82) is 0 Å². The van der Waals surface area contributed by atoms with Gasteiger partial charge in [0.05, 0.1) is 12.3 Å². The van der Waals surface area contributed by atoms with E-state index in [9.17, 15) is 8.42 Å². The lowest BCUT2D eigenvalue weighted by molar-refractivity contribution is 0.478. The Morgan fingerprint density at radius 1 is 1.62 bits per heavy atom. The van der Waals surface area contributed by atoms with Crippen LogP contribution < -0.4 is 0 Å². The lowest BCUT2D eigenvalue weighted by atomic mass is 10.3. The van der Waals surface area contributed by atoms with Crippen LogP contribution in [-0.4, -0.2) is 38.1 Å². The molecular formula is C6H14N4O2S. The number of hydrogen-bond acceptors (Lipinski definition) is 3. The molecule has 0 saturated carbocycles. The summed E-state index contributed by atoms with van der Waals surface area (Å²) < 4.78 is 23.3. The molecular weight excluding hydrogens is 192 g/mol. The van der Waals surface area contributed by atoms with E-state index in [0.717, 1.165) is 6.26 Å². The molecule has 0 N–H and O–H groups in total. The Balaban J connectivity index is 0.00000144. The number of hydrogen-bond donors (Lipinski definition) is 0. The Hall–Kier alpha value is -0.780. The van der Waals surface area contributed by atoms with Crippen LogP contribution in [0.25, 0.3) is 10.4 Å². The molecule has 0 bridgehead atoms. The van der Waals surface area contributed by atoms with E-state index in [1.165, 1.54) is 4.31 Å². The molecule has 0 aromatic rings. The van der Waals surface area contributed by atoms with Gasteiger partial charge in [-0.3, -0.25) is 0 Å². The maximum absolute atomic E-state index is 11.0. The summed E-state index contributed by atoms with van der Waals surface area (Å²) >= 11 is 0. The van der Waals surface area contributed by atoms with Gasteiger partial charge in [-0.05, 0) is 12.0 Å². The van der Waals surface area contributed by atoms with E-state index in [1.807, 2.05) is 0 Å². The van der Waals surface area contributed by atoms with Crippen LogP contribution in [-0.2, 0) is 10.0 Å². The van der Waals surface area contributed by atoms with Gasteiger partial charge < -0.3 is 0 Å². The molecule has 0 amide bonds. The van der Waals surface area contributed by atoms with Gasteiger partial charge in [0.2, 0.25) is 10.0 Å². The smallest absolute Gasteiger partial charge is 0.211 e. The lowest BCUT2D eigenvalue weighted by Crippen LogP contribution is -2.27. The number of nitrogens with zero attached hydrogens (tertiary/aromatic N) is 4. The highest BCUT2D eigenvalue weighted by Crippen LogP contribution is 2.15. The molecule has 76 valence electrons. The van der Waals surface area contributed by atoms with E-state index >= 15 is 0 Å². The molecule has 1 rings (SSSR count). The van der Waals surface area contributed by atoms with Crippen LogP contribution in [0.2, 0.25) is 0 Å². The first-order chi connectivity index (χ1) is 5.54. The molecule has 1 saturated heterocycles. The SMILES string of the molecule is C.CS(=O)(=O)N1CCC(N=[N+]=[N-])C1. The average molecular weight is 206 g/mol.